The minimum Gasteiger partial charge on any atom is -0.393 e. The molecule has 0 atom stereocenters. The van der Waals surface area contributed by atoms with Gasteiger partial charge in [0, 0.05) is 33.9 Å². The van der Waals surface area contributed by atoms with E-state index in [-0.39, 0.29) is 12.2 Å². The SMILES string of the molecule is CC1(C)CCc2sc3ncnc(Cl)c3c2C1.CN(C)C1CCC(Nc2ncnc3sc4c(c23)CC(C)(C)CC4)CC1.CN(C)C1CCC(O)CC1.NC1CCC(O)CC1. The van der Waals surface area contributed by atoms with E-state index in [0.717, 1.165) is 92.7 Å². The van der Waals surface area contributed by atoms with E-state index < -0.39 is 0 Å². The number of halogens is 1. The molecule has 0 spiro atoms. The number of aryl methyl sites for hydroxylation is 2. The fourth-order valence-electron chi connectivity index (χ4n) is 9.57. The van der Waals surface area contributed by atoms with Gasteiger partial charge in [-0.05, 0) is 166 Å². The number of aromatic nitrogens is 4. The van der Waals surface area contributed by atoms with Crippen molar-refractivity contribution in [2.75, 3.05) is 33.5 Å². The van der Waals surface area contributed by atoms with Gasteiger partial charge in [0.15, 0.2) is 0 Å². The molecule has 4 aromatic rings. The quantitative estimate of drug-likeness (QED) is 0.147. The van der Waals surface area contributed by atoms with Crippen molar-refractivity contribution in [2.24, 2.45) is 16.6 Å². The molecular weight excluding hydrogens is 796 g/mol. The van der Waals surface area contributed by atoms with Crippen LogP contribution in [0.5, 0.6) is 0 Å². The molecule has 0 aliphatic heterocycles. The number of rotatable bonds is 4. The molecule has 0 bridgehead atoms. The lowest BCUT2D eigenvalue weighted by Crippen LogP contribution is -2.36. The van der Waals surface area contributed by atoms with E-state index in [2.05, 4.69) is 90.9 Å². The summed E-state index contributed by atoms with van der Waals surface area (Å²) in [6.45, 7) is 9.41. The zero-order chi connectivity index (χ0) is 42.5. The highest BCUT2D eigenvalue weighted by atomic mass is 35.5. The summed E-state index contributed by atoms with van der Waals surface area (Å²) in [7, 11) is 8.63. The summed E-state index contributed by atoms with van der Waals surface area (Å²) in [6, 6.07) is 2.35. The Kier molecular flexibility index (Phi) is 16.1. The van der Waals surface area contributed by atoms with Gasteiger partial charge in [-0.25, -0.2) is 19.9 Å². The van der Waals surface area contributed by atoms with E-state index in [0.29, 0.717) is 34.1 Å². The minimum absolute atomic E-state index is 0.0174. The molecule has 10 nitrogen and oxygen atoms in total. The average molecular weight is 870 g/mol. The van der Waals surface area contributed by atoms with Crippen LogP contribution in [-0.2, 0) is 25.7 Å². The van der Waals surface area contributed by atoms with E-state index in [4.69, 9.17) is 22.4 Å². The highest BCUT2D eigenvalue weighted by molar-refractivity contribution is 7.19. The van der Waals surface area contributed by atoms with Crippen LogP contribution in [0.3, 0.4) is 0 Å². The zero-order valence-corrected chi connectivity index (χ0v) is 39.6. The number of nitrogens with one attached hydrogen (secondary N) is 1. The maximum Gasteiger partial charge on any atom is 0.141 e. The van der Waals surface area contributed by atoms with E-state index in [1.165, 1.54) is 76.0 Å². The normalized spacial score (nSPS) is 27.4. The van der Waals surface area contributed by atoms with Crippen LogP contribution in [0.1, 0.15) is 138 Å². The summed E-state index contributed by atoms with van der Waals surface area (Å²) < 4.78 is 0. The van der Waals surface area contributed by atoms with Gasteiger partial charge in [0.05, 0.1) is 23.0 Å². The first kappa shape index (κ1) is 46.5. The lowest BCUT2D eigenvalue weighted by Gasteiger charge is -2.33. The van der Waals surface area contributed by atoms with Gasteiger partial charge in [-0.1, -0.05) is 39.3 Å². The van der Waals surface area contributed by atoms with Crippen LogP contribution in [0.2, 0.25) is 5.15 Å². The standard InChI is InChI=1S/C20H30N4S.C12H13ClN2S.C8H17NO.C6H13NO/c1-20(2)10-9-16-15(11-20)17-18(21-12-22-19(17)25-16)23-13-5-7-14(8-6-13)24(3)4;1-12(2)4-3-8-7(5-12)9-10(13)14-6-15-11(9)16-8;1-9(2)7-3-5-8(10)6-4-7;7-5-1-3-6(8)4-2-5/h12-14H,5-11H2,1-4H3,(H,21,22,23);6H,3-5H2,1-2H3;7-8,10H,3-6H2,1-2H3;5-6,8H,1-4,7H2. The third kappa shape index (κ3) is 12.6. The third-order valence-electron chi connectivity index (χ3n) is 13.6. The first-order valence-electron chi connectivity index (χ1n) is 22.4. The Bertz CT molecular complexity index is 1930. The Balaban J connectivity index is 0.000000147. The summed E-state index contributed by atoms with van der Waals surface area (Å²) in [4.78, 5) is 27.5. The van der Waals surface area contributed by atoms with Crippen LogP contribution in [0, 0.1) is 10.8 Å². The van der Waals surface area contributed by atoms with Crippen molar-refractivity contribution in [1.82, 2.24) is 29.7 Å². The largest absolute Gasteiger partial charge is 0.393 e. The Labute approximate surface area is 367 Å². The molecule has 59 heavy (non-hydrogen) atoms. The second-order valence-electron chi connectivity index (χ2n) is 20.0. The van der Waals surface area contributed by atoms with Crippen LogP contribution in [0.15, 0.2) is 12.7 Å². The smallest absolute Gasteiger partial charge is 0.141 e. The van der Waals surface area contributed by atoms with Crippen LogP contribution < -0.4 is 11.1 Å². The van der Waals surface area contributed by atoms with Crippen molar-refractivity contribution in [3.8, 4) is 0 Å². The number of nitrogens with two attached hydrogens (primary N) is 1. The van der Waals surface area contributed by atoms with E-state index >= 15 is 0 Å². The molecule has 5 aliphatic rings. The molecule has 5 N–H and O–H groups in total. The molecule has 0 amide bonds. The molecule has 0 unspecified atom stereocenters. The molecule has 328 valence electrons. The van der Waals surface area contributed by atoms with Gasteiger partial charge in [-0.15, -0.1) is 22.7 Å². The molecule has 4 heterocycles. The van der Waals surface area contributed by atoms with Gasteiger partial charge in [0.2, 0.25) is 0 Å². The number of aliphatic hydroxyl groups is 2. The predicted octanol–water partition coefficient (Wildman–Crippen LogP) is 9.45. The number of anilines is 1. The van der Waals surface area contributed by atoms with Crippen molar-refractivity contribution in [3.63, 3.8) is 0 Å². The van der Waals surface area contributed by atoms with Gasteiger partial charge in [0.1, 0.15) is 33.3 Å². The predicted molar refractivity (Wildman–Crippen MR) is 249 cm³/mol. The molecule has 4 aromatic heterocycles. The molecule has 3 fully saturated rings. The maximum absolute atomic E-state index is 9.19. The molecule has 13 heteroatoms. The molecule has 9 rings (SSSR count). The molecule has 3 saturated carbocycles. The zero-order valence-electron chi connectivity index (χ0n) is 37.2. The number of fused-ring (bicyclic) bond motifs is 6. The van der Waals surface area contributed by atoms with E-state index in [9.17, 15) is 5.11 Å². The highest BCUT2D eigenvalue weighted by Crippen LogP contribution is 2.45. The summed E-state index contributed by atoms with van der Waals surface area (Å²) in [5.74, 6) is 1.08. The van der Waals surface area contributed by atoms with Crippen LogP contribution in [0.25, 0.3) is 20.4 Å². The van der Waals surface area contributed by atoms with Gasteiger partial charge in [0.25, 0.3) is 0 Å². The monoisotopic (exact) mass is 868 g/mol. The van der Waals surface area contributed by atoms with Crippen LogP contribution in [-0.4, -0.2) is 105 Å². The molecule has 0 radical (unpaired) electrons. The van der Waals surface area contributed by atoms with E-state index in [1.807, 2.05) is 11.3 Å². The van der Waals surface area contributed by atoms with Crippen molar-refractivity contribution >= 4 is 60.5 Å². The number of hydrogen-bond acceptors (Lipinski definition) is 12. The van der Waals surface area contributed by atoms with Crippen LogP contribution >= 0.6 is 34.3 Å². The van der Waals surface area contributed by atoms with Crippen LogP contribution in [0.4, 0.5) is 5.82 Å². The number of thiophene rings is 2. The van der Waals surface area contributed by atoms with Crippen molar-refractivity contribution in [2.45, 2.75) is 180 Å². The van der Waals surface area contributed by atoms with Crippen molar-refractivity contribution < 1.29 is 10.2 Å². The fraction of sp³-hybridized carbons (Fsp3) is 0.739. The van der Waals surface area contributed by atoms with Gasteiger partial charge in [-0.3, -0.25) is 0 Å². The second-order valence-corrected chi connectivity index (χ2v) is 22.6. The third-order valence-corrected chi connectivity index (χ3v) is 16.3. The Morgan fingerprint density at radius 1 is 0.644 bits per heavy atom. The highest BCUT2D eigenvalue weighted by Gasteiger charge is 2.32. The van der Waals surface area contributed by atoms with Crippen molar-refractivity contribution in [3.05, 3.63) is 38.7 Å². The average Bonchev–Trinajstić information content (AvgIpc) is 3.75. The number of nitrogens with zero attached hydrogens (tertiary/aromatic N) is 6. The summed E-state index contributed by atoms with van der Waals surface area (Å²) >= 11 is 9.85. The van der Waals surface area contributed by atoms with Gasteiger partial charge in [-0.2, -0.15) is 0 Å². The Morgan fingerprint density at radius 2 is 1.08 bits per heavy atom. The topological polar surface area (TPSA) is 137 Å². The molecule has 0 saturated heterocycles. The van der Waals surface area contributed by atoms with Gasteiger partial charge < -0.3 is 31.1 Å². The van der Waals surface area contributed by atoms with Gasteiger partial charge >= 0.3 is 0 Å². The fourth-order valence-corrected chi connectivity index (χ4v) is 12.2. The molecular formula is C46H73ClN8O2S2. The first-order valence-corrected chi connectivity index (χ1v) is 24.4. The minimum atomic E-state index is -0.0604. The summed E-state index contributed by atoms with van der Waals surface area (Å²) in [6.07, 6.45) is 23.4. The lowest BCUT2D eigenvalue weighted by atomic mass is 9.76. The summed E-state index contributed by atoms with van der Waals surface area (Å²) in [5, 5.41) is 25.0. The number of aliphatic hydroxyl groups excluding tert-OH is 2. The first-order chi connectivity index (χ1) is 28.0. The maximum atomic E-state index is 9.19. The Morgan fingerprint density at radius 3 is 1.58 bits per heavy atom. The summed E-state index contributed by atoms with van der Waals surface area (Å²) in [5.41, 5.74) is 9.25. The second kappa shape index (κ2) is 20.4. The van der Waals surface area contributed by atoms with Crippen molar-refractivity contribution in [1.29, 1.82) is 0 Å². The Hall–Kier alpha value is -2.03. The molecule has 0 aromatic carbocycles. The lowest BCUT2D eigenvalue weighted by molar-refractivity contribution is 0.0926. The molecule has 5 aliphatic carbocycles. The van der Waals surface area contributed by atoms with E-state index in [1.54, 1.807) is 24.0 Å². The number of hydrogen-bond donors (Lipinski definition) is 4.